The lowest BCUT2D eigenvalue weighted by Gasteiger charge is -2.10. The number of H-pyrrole nitrogens is 1. The lowest BCUT2D eigenvalue weighted by Crippen LogP contribution is -2.15. The highest BCUT2D eigenvalue weighted by atomic mass is 35.5. The molecule has 0 saturated heterocycles. The Morgan fingerprint density at radius 3 is 2.56 bits per heavy atom. The maximum absolute atomic E-state index is 13.9. The summed E-state index contributed by atoms with van der Waals surface area (Å²) < 4.78 is 47.2. The number of anilines is 1. The van der Waals surface area contributed by atoms with Gasteiger partial charge in [0.1, 0.15) is 10.7 Å². The molecule has 0 aliphatic rings. The second kappa shape index (κ2) is 6.16. The molecule has 2 heterocycles. The van der Waals surface area contributed by atoms with Crippen molar-refractivity contribution in [2.24, 2.45) is 0 Å². The minimum atomic E-state index is -4.14. The Labute approximate surface area is 148 Å². The molecular formula is C15H14ClFN4O3S. The third kappa shape index (κ3) is 3.24. The van der Waals surface area contributed by atoms with Crippen molar-refractivity contribution in [2.45, 2.75) is 25.7 Å². The van der Waals surface area contributed by atoms with Crippen molar-refractivity contribution >= 4 is 27.3 Å². The Kier molecular flexibility index (Phi) is 4.29. The van der Waals surface area contributed by atoms with Crippen LogP contribution < -0.4 is 4.72 Å². The van der Waals surface area contributed by atoms with E-state index in [4.69, 9.17) is 16.0 Å². The minimum Gasteiger partial charge on any atom is -0.421 e. The Morgan fingerprint density at radius 2 is 1.92 bits per heavy atom. The van der Waals surface area contributed by atoms with Crippen molar-refractivity contribution < 1.29 is 17.2 Å². The van der Waals surface area contributed by atoms with Crippen LogP contribution in [-0.2, 0) is 10.0 Å². The van der Waals surface area contributed by atoms with E-state index in [0.717, 1.165) is 6.07 Å². The molecule has 0 fully saturated rings. The molecular weight excluding hydrogens is 371 g/mol. The zero-order chi connectivity index (χ0) is 18.4. The van der Waals surface area contributed by atoms with Gasteiger partial charge in [0.25, 0.3) is 15.9 Å². The number of rotatable bonds is 4. The number of nitrogens with one attached hydrogen (secondary N) is 2. The van der Waals surface area contributed by atoms with E-state index in [2.05, 4.69) is 19.9 Å². The fourth-order valence-electron chi connectivity index (χ4n) is 2.52. The Bertz CT molecular complexity index is 1060. The van der Waals surface area contributed by atoms with Gasteiger partial charge in [-0.25, -0.2) is 12.8 Å². The van der Waals surface area contributed by atoms with Gasteiger partial charge in [-0.05, 0) is 32.0 Å². The van der Waals surface area contributed by atoms with Gasteiger partial charge < -0.3 is 9.40 Å². The number of hydrogen-bond donors (Lipinski definition) is 2. The van der Waals surface area contributed by atoms with Gasteiger partial charge in [-0.15, -0.1) is 10.2 Å². The molecule has 0 amide bonds. The normalized spacial score (nSPS) is 11.7. The largest absolute Gasteiger partial charge is 0.421 e. The Balaban J connectivity index is 2.13. The lowest BCUT2D eigenvalue weighted by molar-refractivity contribution is 0.531. The number of benzene rings is 1. The first-order chi connectivity index (χ1) is 11.7. The maximum atomic E-state index is 13.9. The molecule has 2 aromatic heterocycles. The summed E-state index contributed by atoms with van der Waals surface area (Å²) in [6.45, 7) is 4.86. The van der Waals surface area contributed by atoms with Gasteiger partial charge in [0.05, 0.1) is 11.3 Å². The second-order valence-electron chi connectivity index (χ2n) is 5.44. The highest BCUT2D eigenvalue weighted by Crippen LogP contribution is 2.34. The highest BCUT2D eigenvalue weighted by molar-refractivity contribution is 7.93. The van der Waals surface area contributed by atoms with Crippen LogP contribution in [0.1, 0.15) is 17.3 Å². The van der Waals surface area contributed by atoms with Gasteiger partial charge in [0.2, 0.25) is 5.89 Å². The number of aromatic amines is 1. The van der Waals surface area contributed by atoms with Crippen molar-refractivity contribution in [2.75, 3.05) is 4.72 Å². The monoisotopic (exact) mass is 384 g/mol. The van der Waals surface area contributed by atoms with Gasteiger partial charge in [0, 0.05) is 23.3 Å². The van der Waals surface area contributed by atoms with Crippen LogP contribution in [0.2, 0.25) is 5.02 Å². The van der Waals surface area contributed by atoms with Crippen LogP contribution in [0.4, 0.5) is 10.1 Å². The first kappa shape index (κ1) is 17.4. The van der Waals surface area contributed by atoms with Crippen LogP contribution in [0.3, 0.4) is 0 Å². The maximum Gasteiger partial charge on any atom is 0.264 e. The van der Waals surface area contributed by atoms with Crippen molar-refractivity contribution in [3.63, 3.8) is 0 Å². The van der Waals surface area contributed by atoms with E-state index in [9.17, 15) is 12.8 Å². The van der Waals surface area contributed by atoms with Gasteiger partial charge in [0.15, 0.2) is 0 Å². The smallest absolute Gasteiger partial charge is 0.264 e. The molecule has 0 unspecified atom stereocenters. The predicted molar refractivity (Wildman–Crippen MR) is 90.5 cm³/mol. The lowest BCUT2D eigenvalue weighted by atomic mass is 10.2. The molecule has 0 radical (unpaired) electrons. The summed E-state index contributed by atoms with van der Waals surface area (Å²) >= 11 is 5.82. The molecule has 0 saturated carbocycles. The molecule has 7 nitrogen and oxygen atoms in total. The van der Waals surface area contributed by atoms with Gasteiger partial charge in [-0.2, -0.15) is 0 Å². The molecule has 0 aliphatic carbocycles. The molecule has 0 atom stereocenters. The number of aromatic nitrogens is 3. The number of hydrogen-bond acceptors (Lipinski definition) is 5. The predicted octanol–water partition coefficient (Wildman–Crippen LogP) is 3.58. The van der Waals surface area contributed by atoms with Gasteiger partial charge in [-0.3, -0.25) is 4.72 Å². The summed E-state index contributed by atoms with van der Waals surface area (Å²) in [5.41, 5.74) is 0.887. The third-order valence-electron chi connectivity index (χ3n) is 3.50. The molecule has 3 aromatic rings. The first-order valence-electron chi connectivity index (χ1n) is 7.16. The minimum absolute atomic E-state index is 0.0614. The summed E-state index contributed by atoms with van der Waals surface area (Å²) in [5, 5.41) is 7.80. The van der Waals surface area contributed by atoms with Crippen LogP contribution in [0.5, 0.6) is 0 Å². The first-order valence-corrected chi connectivity index (χ1v) is 9.02. The number of halogens is 2. The summed E-state index contributed by atoms with van der Waals surface area (Å²) in [4.78, 5) is 2.85. The zero-order valence-corrected chi connectivity index (χ0v) is 15.1. The van der Waals surface area contributed by atoms with E-state index < -0.39 is 15.8 Å². The molecule has 2 N–H and O–H groups in total. The number of sulfonamides is 1. The van der Waals surface area contributed by atoms with E-state index in [0.29, 0.717) is 17.3 Å². The van der Waals surface area contributed by atoms with E-state index >= 15 is 0 Å². The average molecular weight is 385 g/mol. The number of nitrogens with zero attached hydrogens (tertiary/aromatic N) is 2. The molecule has 0 spiro atoms. The summed E-state index contributed by atoms with van der Waals surface area (Å²) in [6, 6.07) is 3.60. The average Bonchev–Trinajstić information content (AvgIpc) is 3.05. The van der Waals surface area contributed by atoms with E-state index in [1.807, 2.05) is 0 Å². The third-order valence-corrected chi connectivity index (χ3v) is 5.27. The molecule has 25 heavy (non-hydrogen) atoms. The standard InChI is InChI=1S/C15H14ClFN4O3S/c1-7-13(15-20-19-9(3)24-15)14(8(2)18-7)25(22,23)21-12-6-10(16)4-5-11(12)17/h4-6,18,21H,1-3H3. The SMILES string of the molecule is Cc1nnc(-c2c(C)[nH]c(C)c2S(=O)(=O)Nc2cc(Cl)ccc2F)o1. The highest BCUT2D eigenvalue weighted by Gasteiger charge is 2.29. The van der Waals surface area contributed by atoms with Crippen molar-refractivity contribution in [1.29, 1.82) is 0 Å². The summed E-state index contributed by atoms with van der Waals surface area (Å²) in [6.07, 6.45) is 0. The van der Waals surface area contributed by atoms with Crippen LogP contribution in [-0.4, -0.2) is 23.6 Å². The number of aryl methyl sites for hydroxylation is 3. The van der Waals surface area contributed by atoms with Gasteiger partial charge in [-0.1, -0.05) is 11.6 Å². The van der Waals surface area contributed by atoms with E-state index in [1.54, 1.807) is 20.8 Å². The van der Waals surface area contributed by atoms with Crippen LogP contribution >= 0.6 is 11.6 Å². The second-order valence-corrected chi connectivity index (χ2v) is 7.49. The van der Waals surface area contributed by atoms with Crippen LogP contribution in [0.15, 0.2) is 27.5 Å². The summed E-state index contributed by atoms with van der Waals surface area (Å²) in [5.74, 6) is -0.384. The van der Waals surface area contributed by atoms with Crippen molar-refractivity contribution in [3.8, 4) is 11.5 Å². The Hall–Kier alpha value is -2.39. The summed E-state index contributed by atoms with van der Waals surface area (Å²) in [7, 11) is -4.14. The van der Waals surface area contributed by atoms with Crippen molar-refractivity contribution in [3.05, 3.63) is 46.3 Å². The molecule has 1 aromatic carbocycles. The molecule has 3 rings (SSSR count). The zero-order valence-electron chi connectivity index (χ0n) is 13.5. The molecule has 0 aliphatic heterocycles. The van der Waals surface area contributed by atoms with Crippen molar-refractivity contribution in [1.82, 2.24) is 15.2 Å². The van der Waals surface area contributed by atoms with E-state index in [-0.39, 0.29) is 27.1 Å². The quantitative estimate of drug-likeness (QED) is 0.715. The molecule has 10 heteroatoms. The fraction of sp³-hybridized carbons (Fsp3) is 0.200. The van der Waals surface area contributed by atoms with E-state index in [1.165, 1.54) is 12.1 Å². The van der Waals surface area contributed by atoms with Crippen LogP contribution in [0.25, 0.3) is 11.5 Å². The molecule has 132 valence electrons. The molecule has 0 bridgehead atoms. The Morgan fingerprint density at radius 1 is 1.20 bits per heavy atom. The fourth-order valence-corrected chi connectivity index (χ4v) is 4.20. The van der Waals surface area contributed by atoms with Gasteiger partial charge >= 0.3 is 0 Å². The van der Waals surface area contributed by atoms with Crippen LogP contribution in [0, 0.1) is 26.6 Å². The topological polar surface area (TPSA) is 101 Å².